The summed E-state index contributed by atoms with van der Waals surface area (Å²) in [5.41, 5.74) is 2.24. The number of aromatic nitrogens is 2. The predicted octanol–water partition coefficient (Wildman–Crippen LogP) is 2.09. The van der Waals surface area contributed by atoms with Crippen molar-refractivity contribution in [3.8, 4) is 5.75 Å². The normalized spacial score (nSPS) is 11.4. The van der Waals surface area contributed by atoms with Crippen LogP contribution >= 0.6 is 0 Å². The average molecular weight is 359 g/mol. The van der Waals surface area contributed by atoms with E-state index in [1.54, 1.807) is 11.8 Å². The molecule has 7 heteroatoms. The maximum atomic E-state index is 5.38. The molecule has 0 saturated carbocycles. The zero-order valence-electron chi connectivity index (χ0n) is 15.9. The van der Waals surface area contributed by atoms with Gasteiger partial charge in [0.05, 0.1) is 19.9 Å². The Morgan fingerprint density at radius 1 is 1.19 bits per heavy atom. The van der Waals surface area contributed by atoms with Crippen molar-refractivity contribution in [3.63, 3.8) is 0 Å². The van der Waals surface area contributed by atoms with Crippen LogP contribution in [-0.2, 0) is 24.9 Å². The number of rotatable bonds is 10. The topological polar surface area (TPSA) is 72.7 Å². The van der Waals surface area contributed by atoms with Gasteiger partial charge >= 0.3 is 0 Å². The maximum Gasteiger partial charge on any atom is 0.191 e. The molecule has 0 radical (unpaired) electrons. The zero-order valence-corrected chi connectivity index (χ0v) is 15.9. The lowest BCUT2D eigenvalue weighted by molar-refractivity contribution is 0.145. The number of guanidine groups is 1. The molecule has 0 aliphatic carbocycles. The Morgan fingerprint density at radius 3 is 2.65 bits per heavy atom. The highest BCUT2D eigenvalue weighted by molar-refractivity contribution is 5.79. The minimum Gasteiger partial charge on any atom is -0.497 e. The number of benzene rings is 1. The molecule has 0 aliphatic heterocycles. The van der Waals surface area contributed by atoms with Crippen LogP contribution in [0.2, 0.25) is 0 Å². The van der Waals surface area contributed by atoms with Crippen molar-refractivity contribution in [2.45, 2.75) is 26.4 Å². The molecule has 0 saturated heterocycles. The van der Waals surface area contributed by atoms with E-state index in [0.29, 0.717) is 13.1 Å². The predicted molar refractivity (Wildman–Crippen MR) is 103 cm³/mol. The summed E-state index contributed by atoms with van der Waals surface area (Å²) in [5, 5.41) is 10.9. The first-order chi connectivity index (χ1) is 12.7. The smallest absolute Gasteiger partial charge is 0.191 e. The highest BCUT2D eigenvalue weighted by Gasteiger charge is 2.01. The van der Waals surface area contributed by atoms with Gasteiger partial charge in [-0.25, -0.2) is 4.99 Å². The van der Waals surface area contributed by atoms with Gasteiger partial charge in [0.25, 0.3) is 0 Å². The van der Waals surface area contributed by atoms with Crippen LogP contribution in [0.1, 0.15) is 24.5 Å². The van der Waals surface area contributed by atoms with E-state index in [1.807, 2.05) is 50.6 Å². The van der Waals surface area contributed by atoms with Crippen molar-refractivity contribution in [2.75, 3.05) is 26.9 Å². The standard InChI is InChI=1S/C19H29N5O2/c1-4-26-11-5-10-20-19(22-13-17-14-23-24(2)15-17)21-12-16-6-8-18(25-3)9-7-16/h6-9,14-15H,4-5,10-13H2,1-3H3,(H2,20,21,22). The van der Waals surface area contributed by atoms with E-state index in [-0.39, 0.29) is 0 Å². The van der Waals surface area contributed by atoms with Crippen LogP contribution in [0.5, 0.6) is 5.75 Å². The van der Waals surface area contributed by atoms with Crippen molar-refractivity contribution in [1.29, 1.82) is 0 Å². The summed E-state index contributed by atoms with van der Waals surface area (Å²) in [5.74, 6) is 1.63. The summed E-state index contributed by atoms with van der Waals surface area (Å²) < 4.78 is 12.4. The lowest BCUT2D eigenvalue weighted by Gasteiger charge is -2.13. The first kappa shape index (κ1) is 19.8. The largest absolute Gasteiger partial charge is 0.497 e. The van der Waals surface area contributed by atoms with E-state index >= 15 is 0 Å². The van der Waals surface area contributed by atoms with Gasteiger partial charge in [0.2, 0.25) is 0 Å². The van der Waals surface area contributed by atoms with Crippen LogP contribution in [0.3, 0.4) is 0 Å². The monoisotopic (exact) mass is 359 g/mol. The minimum atomic E-state index is 0.581. The first-order valence-corrected chi connectivity index (χ1v) is 8.91. The number of aryl methyl sites for hydroxylation is 1. The summed E-state index contributed by atoms with van der Waals surface area (Å²) in [6.45, 7) is 5.58. The molecule has 0 unspecified atom stereocenters. The van der Waals surface area contributed by atoms with E-state index < -0.39 is 0 Å². The molecule has 0 bridgehead atoms. The fourth-order valence-corrected chi connectivity index (χ4v) is 2.35. The Balaban J connectivity index is 1.89. The first-order valence-electron chi connectivity index (χ1n) is 8.91. The molecule has 1 heterocycles. The van der Waals surface area contributed by atoms with Crippen molar-refractivity contribution < 1.29 is 9.47 Å². The Hall–Kier alpha value is -2.54. The number of hydrogen-bond acceptors (Lipinski definition) is 4. The molecule has 0 spiro atoms. The van der Waals surface area contributed by atoms with Crippen LogP contribution in [-0.4, -0.2) is 42.6 Å². The number of aliphatic imine (C=N–C) groups is 1. The average Bonchev–Trinajstić information content (AvgIpc) is 3.08. The highest BCUT2D eigenvalue weighted by Crippen LogP contribution is 2.10. The summed E-state index contributed by atoms with van der Waals surface area (Å²) in [4.78, 5) is 4.65. The van der Waals surface area contributed by atoms with Gasteiger partial charge < -0.3 is 20.1 Å². The van der Waals surface area contributed by atoms with Crippen molar-refractivity contribution in [1.82, 2.24) is 20.4 Å². The van der Waals surface area contributed by atoms with Crippen LogP contribution < -0.4 is 15.4 Å². The highest BCUT2D eigenvalue weighted by atomic mass is 16.5. The van der Waals surface area contributed by atoms with Crippen LogP contribution in [0.25, 0.3) is 0 Å². The molecule has 1 aromatic carbocycles. The molecule has 0 amide bonds. The summed E-state index contributed by atoms with van der Waals surface area (Å²) in [7, 11) is 3.57. The Bertz CT molecular complexity index is 667. The van der Waals surface area contributed by atoms with E-state index in [1.165, 1.54) is 0 Å². The molecular formula is C19H29N5O2. The van der Waals surface area contributed by atoms with Gasteiger partial charge in [0.15, 0.2) is 5.96 Å². The fourth-order valence-electron chi connectivity index (χ4n) is 2.35. The van der Waals surface area contributed by atoms with E-state index in [0.717, 1.165) is 49.0 Å². The fraction of sp³-hybridized carbons (Fsp3) is 0.474. The molecule has 142 valence electrons. The molecule has 2 aromatic rings. The molecule has 2 rings (SSSR count). The lowest BCUT2D eigenvalue weighted by atomic mass is 10.2. The van der Waals surface area contributed by atoms with Crippen molar-refractivity contribution in [3.05, 3.63) is 47.8 Å². The number of nitrogens with zero attached hydrogens (tertiary/aromatic N) is 3. The quantitative estimate of drug-likeness (QED) is 0.386. The lowest BCUT2D eigenvalue weighted by Crippen LogP contribution is -2.37. The molecule has 0 fully saturated rings. The molecule has 2 N–H and O–H groups in total. The molecular weight excluding hydrogens is 330 g/mol. The van der Waals surface area contributed by atoms with Gasteiger partial charge in [0.1, 0.15) is 5.75 Å². The second-order valence-corrected chi connectivity index (χ2v) is 5.87. The van der Waals surface area contributed by atoms with Crippen LogP contribution in [0.4, 0.5) is 0 Å². The van der Waals surface area contributed by atoms with Gasteiger partial charge in [0, 0.05) is 45.1 Å². The Morgan fingerprint density at radius 2 is 2.00 bits per heavy atom. The van der Waals surface area contributed by atoms with Crippen LogP contribution in [0.15, 0.2) is 41.7 Å². The van der Waals surface area contributed by atoms with Crippen molar-refractivity contribution >= 4 is 5.96 Å². The Kier molecular flexibility index (Phi) is 8.48. The molecule has 0 atom stereocenters. The number of hydrogen-bond donors (Lipinski definition) is 2. The maximum absolute atomic E-state index is 5.38. The third-order valence-corrected chi connectivity index (χ3v) is 3.76. The van der Waals surface area contributed by atoms with Gasteiger partial charge in [-0.1, -0.05) is 12.1 Å². The van der Waals surface area contributed by atoms with Crippen LogP contribution in [0, 0.1) is 0 Å². The third kappa shape index (κ3) is 7.14. The summed E-state index contributed by atoms with van der Waals surface area (Å²) >= 11 is 0. The van der Waals surface area contributed by atoms with Gasteiger partial charge in [-0.05, 0) is 31.0 Å². The summed E-state index contributed by atoms with van der Waals surface area (Å²) in [6.07, 6.45) is 4.74. The number of ether oxygens (including phenoxy) is 2. The second kappa shape index (κ2) is 11.1. The van der Waals surface area contributed by atoms with E-state index in [9.17, 15) is 0 Å². The molecule has 26 heavy (non-hydrogen) atoms. The van der Waals surface area contributed by atoms with Crippen molar-refractivity contribution in [2.24, 2.45) is 12.0 Å². The number of methoxy groups -OCH3 is 1. The SMILES string of the molecule is CCOCCCNC(=NCc1cnn(C)c1)NCc1ccc(OC)cc1. The molecule has 7 nitrogen and oxygen atoms in total. The molecule has 0 aliphatic rings. The minimum absolute atomic E-state index is 0.581. The molecule has 1 aromatic heterocycles. The van der Waals surface area contributed by atoms with Gasteiger partial charge in [-0.15, -0.1) is 0 Å². The van der Waals surface area contributed by atoms with Gasteiger partial charge in [-0.3, -0.25) is 4.68 Å². The summed E-state index contributed by atoms with van der Waals surface area (Å²) in [6, 6.07) is 8.00. The zero-order chi connectivity index (χ0) is 18.6. The number of nitrogens with one attached hydrogen (secondary N) is 2. The third-order valence-electron chi connectivity index (χ3n) is 3.76. The van der Waals surface area contributed by atoms with E-state index in [2.05, 4.69) is 20.7 Å². The van der Waals surface area contributed by atoms with E-state index in [4.69, 9.17) is 9.47 Å². The second-order valence-electron chi connectivity index (χ2n) is 5.87. The Labute approximate surface area is 155 Å². The van der Waals surface area contributed by atoms with Gasteiger partial charge in [-0.2, -0.15) is 5.10 Å².